The van der Waals surface area contributed by atoms with Gasteiger partial charge in [-0.15, -0.1) is 11.3 Å². The Labute approximate surface area is 259 Å². The Kier molecular flexibility index (Phi) is 11.2. The van der Waals surface area contributed by atoms with Gasteiger partial charge in [-0.2, -0.15) is 0 Å². The largest absolute Gasteiger partial charge is 0.508 e. The van der Waals surface area contributed by atoms with Crippen molar-refractivity contribution < 1.29 is 43.5 Å². The van der Waals surface area contributed by atoms with Crippen LogP contribution in [-0.2, 0) is 25.5 Å². The molecule has 3 aromatic rings. The van der Waals surface area contributed by atoms with E-state index in [1.54, 1.807) is 53.9 Å². The van der Waals surface area contributed by atoms with E-state index in [-0.39, 0.29) is 18.8 Å². The molecule has 44 heavy (non-hydrogen) atoms. The summed E-state index contributed by atoms with van der Waals surface area (Å²) in [6, 6.07) is 11.2. The van der Waals surface area contributed by atoms with E-state index < -0.39 is 36.0 Å². The van der Waals surface area contributed by atoms with E-state index in [0.29, 0.717) is 52.6 Å². The smallest absolute Gasteiger partial charge is 0.329 e. The standard InChI is InChI=1S/C32H36N2O9S/c1-40-25-19-27(42-3)26(41-2)18-21(25)7-5-15-43-32(39)23-8-4-14-34(23)31(38)29(28-9-6-16-44-28)33-30(37)24(36)17-20-10-12-22(35)13-11-20/h5-7,9-13,16,18-19,23-24,29,35-36H,4,8,14-15,17H2,1-3H3,(H,33,37)/b7-5+. The fraction of sp³-hybridized carbons (Fsp3) is 0.344. The number of phenols is 1. The lowest BCUT2D eigenvalue weighted by molar-refractivity contribution is -0.153. The highest BCUT2D eigenvalue weighted by atomic mass is 32.1. The SMILES string of the molecule is COc1cc(OC)c(OC)cc1/C=C/COC(=O)C1CCCN1C(=O)C(NC(=O)C(O)Cc1ccc(O)cc1)c1cccs1. The number of carbonyl (C=O) groups excluding carboxylic acids is 3. The summed E-state index contributed by atoms with van der Waals surface area (Å²) < 4.78 is 21.6. The van der Waals surface area contributed by atoms with E-state index in [1.165, 1.54) is 49.7 Å². The van der Waals surface area contributed by atoms with E-state index in [2.05, 4.69) is 5.32 Å². The molecule has 1 aliphatic heterocycles. The Balaban J connectivity index is 1.40. The van der Waals surface area contributed by atoms with Crippen LogP contribution in [0.3, 0.4) is 0 Å². The Morgan fingerprint density at radius 3 is 2.41 bits per heavy atom. The summed E-state index contributed by atoms with van der Waals surface area (Å²) in [5.41, 5.74) is 1.34. The number of carbonyl (C=O) groups is 3. The first kappa shape index (κ1) is 32.4. The number of benzene rings is 2. The van der Waals surface area contributed by atoms with Crippen molar-refractivity contribution in [2.45, 2.75) is 37.5 Å². The molecule has 0 bridgehead atoms. The van der Waals surface area contributed by atoms with Crippen LogP contribution >= 0.6 is 11.3 Å². The third kappa shape index (κ3) is 7.88. The van der Waals surface area contributed by atoms with Gasteiger partial charge in [0.2, 0.25) is 5.91 Å². The lowest BCUT2D eigenvalue weighted by atomic mass is 10.1. The van der Waals surface area contributed by atoms with Gasteiger partial charge in [-0.1, -0.05) is 24.3 Å². The van der Waals surface area contributed by atoms with Crippen molar-refractivity contribution in [2.24, 2.45) is 0 Å². The van der Waals surface area contributed by atoms with Gasteiger partial charge in [0.05, 0.1) is 21.3 Å². The number of ether oxygens (including phenoxy) is 4. The van der Waals surface area contributed by atoms with Gasteiger partial charge in [0.1, 0.15) is 36.3 Å². The van der Waals surface area contributed by atoms with Crippen LogP contribution in [0.2, 0.25) is 0 Å². The summed E-state index contributed by atoms with van der Waals surface area (Å²) in [5, 5.41) is 24.5. The molecule has 11 nitrogen and oxygen atoms in total. The van der Waals surface area contributed by atoms with Crippen LogP contribution in [-0.4, -0.2) is 79.5 Å². The highest BCUT2D eigenvalue weighted by Crippen LogP contribution is 2.35. The van der Waals surface area contributed by atoms with Crippen LogP contribution in [0.15, 0.2) is 60.0 Å². The first-order valence-corrected chi connectivity index (χ1v) is 14.9. The number of esters is 1. The molecule has 12 heteroatoms. The van der Waals surface area contributed by atoms with Crippen molar-refractivity contribution in [3.63, 3.8) is 0 Å². The third-order valence-electron chi connectivity index (χ3n) is 7.19. The minimum atomic E-state index is -1.43. The molecule has 3 N–H and O–H groups in total. The molecule has 0 spiro atoms. The molecule has 1 aliphatic rings. The van der Waals surface area contributed by atoms with Crippen molar-refractivity contribution in [2.75, 3.05) is 34.5 Å². The number of methoxy groups -OCH3 is 3. The first-order chi connectivity index (χ1) is 21.2. The summed E-state index contributed by atoms with van der Waals surface area (Å²) in [7, 11) is 4.60. The van der Waals surface area contributed by atoms with Gasteiger partial charge in [0.15, 0.2) is 11.5 Å². The van der Waals surface area contributed by atoms with Gasteiger partial charge in [0.25, 0.3) is 5.91 Å². The number of phenolic OH excluding ortho intramolecular Hbond substituents is 1. The molecule has 4 rings (SSSR count). The molecule has 2 heterocycles. The number of nitrogens with zero attached hydrogens (tertiary/aromatic N) is 1. The van der Waals surface area contributed by atoms with E-state index >= 15 is 0 Å². The van der Waals surface area contributed by atoms with E-state index in [4.69, 9.17) is 18.9 Å². The van der Waals surface area contributed by atoms with Crippen molar-refractivity contribution in [3.8, 4) is 23.0 Å². The fourth-order valence-electron chi connectivity index (χ4n) is 4.92. The lowest BCUT2D eigenvalue weighted by Crippen LogP contribution is -2.49. The molecular formula is C32H36N2O9S. The number of hydrogen-bond acceptors (Lipinski definition) is 10. The molecule has 1 aromatic heterocycles. The molecular weight excluding hydrogens is 588 g/mol. The van der Waals surface area contributed by atoms with Crippen molar-refractivity contribution in [1.29, 1.82) is 0 Å². The number of nitrogens with one attached hydrogen (secondary N) is 1. The fourth-order valence-corrected chi connectivity index (χ4v) is 5.69. The van der Waals surface area contributed by atoms with E-state index in [9.17, 15) is 24.6 Å². The zero-order valence-corrected chi connectivity index (χ0v) is 25.5. The predicted molar refractivity (Wildman–Crippen MR) is 164 cm³/mol. The predicted octanol–water partition coefficient (Wildman–Crippen LogP) is 3.49. The molecule has 234 valence electrons. The van der Waals surface area contributed by atoms with E-state index in [0.717, 1.165) is 0 Å². The summed E-state index contributed by atoms with van der Waals surface area (Å²) in [4.78, 5) is 41.8. The van der Waals surface area contributed by atoms with E-state index in [1.807, 2.05) is 0 Å². The number of likely N-dealkylation sites (tertiary alicyclic amines) is 1. The van der Waals surface area contributed by atoms with Gasteiger partial charge >= 0.3 is 5.97 Å². The first-order valence-electron chi connectivity index (χ1n) is 14.0. The zero-order chi connectivity index (χ0) is 31.6. The molecule has 1 saturated heterocycles. The van der Waals surface area contributed by atoms with Crippen molar-refractivity contribution in [3.05, 3.63) is 76.0 Å². The van der Waals surface area contributed by atoms with Gasteiger partial charge in [-0.3, -0.25) is 9.59 Å². The minimum Gasteiger partial charge on any atom is -0.508 e. The van der Waals surface area contributed by atoms with Crippen LogP contribution in [0.5, 0.6) is 23.0 Å². The van der Waals surface area contributed by atoms with Crippen LogP contribution in [0.25, 0.3) is 6.08 Å². The summed E-state index contributed by atoms with van der Waals surface area (Å²) in [5.74, 6) is -0.0744. The summed E-state index contributed by atoms with van der Waals surface area (Å²) in [6.07, 6.45) is 2.99. The van der Waals surface area contributed by atoms with Crippen LogP contribution in [0.1, 0.15) is 34.9 Å². The topological polar surface area (TPSA) is 144 Å². The number of aliphatic hydroxyl groups excluding tert-OH is 1. The van der Waals surface area contributed by atoms with Crippen LogP contribution in [0.4, 0.5) is 0 Å². The van der Waals surface area contributed by atoms with Gasteiger partial charge in [-0.25, -0.2) is 4.79 Å². The summed E-state index contributed by atoms with van der Waals surface area (Å²) in [6.45, 7) is 0.286. The molecule has 3 atom stereocenters. The average Bonchev–Trinajstić information content (AvgIpc) is 3.75. The minimum absolute atomic E-state index is 0.00116. The maximum absolute atomic E-state index is 13.8. The molecule has 0 saturated carbocycles. The third-order valence-corrected chi connectivity index (χ3v) is 8.13. The monoisotopic (exact) mass is 624 g/mol. The number of hydrogen-bond donors (Lipinski definition) is 3. The Morgan fingerprint density at radius 2 is 1.75 bits per heavy atom. The second kappa shape index (κ2) is 15.3. The average molecular weight is 625 g/mol. The Bertz CT molecular complexity index is 1460. The Morgan fingerprint density at radius 1 is 1.05 bits per heavy atom. The van der Waals surface area contributed by atoms with Gasteiger partial charge in [-0.05, 0) is 54.1 Å². The molecule has 1 fully saturated rings. The second-order valence-electron chi connectivity index (χ2n) is 10.0. The second-order valence-corrected chi connectivity index (χ2v) is 11.0. The summed E-state index contributed by atoms with van der Waals surface area (Å²) >= 11 is 1.29. The number of thiophene rings is 1. The quantitative estimate of drug-likeness (QED) is 0.244. The van der Waals surface area contributed by atoms with Crippen LogP contribution in [0, 0.1) is 0 Å². The van der Waals surface area contributed by atoms with Gasteiger partial charge in [0, 0.05) is 29.5 Å². The highest BCUT2D eigenvalue weighted by Gasteiger charge is 2.39. The lowest BCUT2D eigenvalue weighted by Gasteiger charge is -2.28. The van der Waals surface area contributed by atoms with Crippen molar-refractivity contribution >= 4 is 35.2 Å². The van der Waals surface area contributed by atoms with Crippen molar-refractivity contribution in [1.82, 2.24) is 10.2 Å². The molecule has 0 radical (unpaired) electrons. The van der Waals surface area contributed by atoms with Gasteiger partial charge < -0.3 is 39.4 Å². The number of rotatable bonds is 13. The normalized spacial score (nSPS) is 15.9. The maximum Gasteiger partial charge on any atom is 0.329 e. The number of aliphatic hydroxyl groups is 1. The number of aromatic hydroxyl groups is 1. The molecule has 3 unspecified atom stereocenters. The highest BCUT2D eigenvalue weighted by molar-refractivity contribution is 7.10. The van der Waals surface area contributed by atoms with Crippen LogP contribution < -0.4 is 19.5 Å². The molecule has 0 aliphatic carbocycles. The molecule has 2 aromatic carbocycles. The molecule has 2 amide bonds. The zero-order valence-electron chi connectivity index (χ0n) is 24.7. The Hall–Kier alpha value is -4.55. The number of amides is 2. The maximum atomic E-state index is 13.8.